The molecule has 32 heavy (non-hydrogen) atoms. The quantitative estimate of drug-likeness (QED) is 0.450. The molecule has 172 valence electrons. The molecule has 2 aliphatic heterocycles. The molecule has 2 aliphatic rings. The van der Waals surface area contributed by atoms with Crippen LogP contribution in [-0.4, -0.2) is 73.3 Å². The van der Waals surface area contributed by atoms with Crippen molar-refractivity contribution in [2.24, 2.45) is 5.92 Å². The fraction of sp³-hybridized carbons (Fsp3) is 0.455. The number of carbonyl (C=O) groups excluding carboxylic acids is 4. The first-order chi connectivity index (χ1) is 15.3. The van der Waals surface area contributed by atoms with E-state index in [1.54, 1.807) is 23.1 Å². The number of nitrogens with zero attached hydrogens (tertiary/aromatic N) is 2. The molecule has 0 N–H and O–H groups in total. The van der Waals surface area contributed by atoms with E-state index in [0.717, 1.165) is 29.5 Å². The number of esters is 1. The number of hydrogen-bond donors (Lipinski definition) is 0. The SMILES string of the molecule is COC(=O)COc1c(/C=C2/SC(=O)N(CC(=O)N3CCC(C)CC3)C2=O)cccc1OC. The number of para-hydroxylation sites is 1. The van der Waals surface area contributed by atoms with E-state index in [4.69, 9.17) is 9.47 Å². The lowest BCUT2D eigenvalue weighted by Gasteiger charge is -2.31. The largest absolute Gasteiger partial charge is 0.493 e. The molecule has 0 saturated carbocycles. The molecule has 3 amide bonds. The smallest absolute Gasteiger partial charge is 0.343 e. The van der Waals surface area contributed by atoms with Crippen molar-refractivity contribution in [3.63, 3.8) is 0 Å². The Hall–Kier alpha value is -3.01. The first-order valence-electron chi connectivity index (χ1n) is 10.2. The summed E-state index contributed by atoms with van der Waals surface area (Å²) in [5, 5.41) is -0.500. The van der Waals surface area contributed by atoms with E-state index in [0.29, 0.717) is 30.3 Å². The van der Waals surface area contributed by atoms with E-state index in [-0.39, 0.29) is 29.7 Å². The van der Waals surface area contributed by atoms with E-state index < -0.39 is 17.1 Å². The monoisotopic (exact) mass is 462 g/mol. The van der Waals surface area contributed by atoms with Gasteiger partial charge in [0.2, 0.25) is 5.91 Å². The summed E-state index contributed by atoms with van der Waals surface area (Å²) in [6.45, 7) is 2.79. The second-order valence-corrected chi connectivity index (χ2v) is 8.57. The molecule has 0 aliphatic carbocycles. The number of thioether (sulfide) groups is 1. The van der Waals surface area contributed by atoms with E-state index in [1.165, 1.54) is 20.3 Å². The van der Waals surface area contributed by atoms with Crippen molar-refractivity contribution >= 4 is 40.9 Å². The summed E-state index contributed by atoms with van der Waals surface area (Å²) >= 11 is 0.757. The van der Waals surface area contributed by atoms with Crippen LogP contribution < -0.4 is 9.47 Å². The van der Waals surface area contributed by atoms with Gasteiger partial charge in [-0.3, -0.25) is 19.3 Å². The van der Waals surface area contributed by atoms with Crippen molar-refractivity contribution in [3.05, 3.63) is 28.7 Å². The molecule has 2 heterocycles. The third kappa shape index (κ3) is 5.42. The molecule has 1 aromatic carbocycles. The first-order valence-corrected chi connectivity index (χ1v) is 11.1. The maximum absolute atomic E-state index is 12.9. The van der Waals surface area contributed by atoms with E-state index in [2.05, 4.69) is 11.7 Å². The highest BCUT2D eigenvalue weighted by Gasteiger charge is 2.37. The number of amides is 3. The number of carbonyl (C=O) groups is 4. The molecular weight excluding hydrogens is 436 g/mol. The molecule has 0 radical (unpaired) electrons. The summed E-state index contributed by atoms with van der Waals surface area (Å²) in [6, 6.07) is 5.01. The van der Waals surface area contributed by atoms with Crippen molar-refractivity contribution in [2.45, 2.75) is 19.8 Å². The summed E-state index contributed by atoms with van der Waals surface area (Å²) in [4.78, 5) is 52.2. The molecule has 2 fully saturated rings. The minimum atomic E-state index is -0.576. The van der Waals surface area contributed by atoms with Gasteiger partial charge in [0.15, 0.2) is 18.1 Å². The Morgan fingerprint density at radius 3 is 2.56 bits per heavy atom. The standard InChI is InChI=1S/C22H26N2O7S/c1-14-7-9-23(10-8-14)18(25)12-24-21(27)17(32-22(24)28)11-15-5-4-6-16(29-2)20(15)31-13-19(26)30-3/h4-6,11,14H,7-10,12-13H2,1-3H3/b17-11+. The Morgan fingerprint density at radius 2 is 1.91 bits per heavy atom. The maximum Gasteiger partial charge on any atom is 0.343 e. The fourth-order valence-electron chi connectivity index (χ4n) is 3.42. The average molecular weight is 463 g/mol. The second kappa shape index (κ2) is 10.5. The minimum Gasteiger partial charge on any atom is -0.493 e. The summed E-state index contributed by atoms with van der Waals surface area (Å²) in [5.41, 5.74) is 0.454. The van der Waals surface area contributed by atoms with Gasteiger partial charge in [-0.15, -0.1) is 0 Å². The molecule has 0 spiro atoms. The van der Waals surface area contributed by atoms with Gasteiger partial charge in [-0.25, -0.2) is 4.79 Å². The van der Waals surface area contributed by atoms with E-state index in [9.17, 15) is 19.2 Å². The number of methoxy groups -OCH3 is 2. The van der Waals surface area contributed by atoms with Gasteiger partial charge < -0.3 is 19.1 Å². The maximum atomic E-state index is 12.9. The molecule has 0 unspecified atom stereocenters. The molecule has 0 bridgehead atoms. The van der Waals surface area contributed by atoms with Crippen LogP contribution in [0.3, 0.4) is 0 Å². The molecule has 1 aromatic rings. The second-order valence-electron chi connectivity index (χ2n) is 7.57. The number of benzene rings is 1. The zero-order chi connectivity index (χ0) is 23.3. The van der Waals surface area contributed by atoms with Crippen molar-refractivity contribution in [1.29, 1.82) is 0 Å². The molecule has 10 heteroatoms. The van der Waals surface area contributed by atoms with Gasteiger partial charge in [0.1, 0.15) is 6.54 Å². The molecular formula is C22H26N2O7S. The lowest BCUT2D eigenvalue weighted by molar-refractivity contribution is -0.143. The topological polar surface area (TPSA) is 102 Å². The Bertz CT molecular complexity index is 938. The summed E-state index contributed by atoms with van der Waals surface area (Å²) in [5.74, 6) is -0.183. The van der Waals surface area contributed by atoms with Gasteiger partial charge in [0, 0.05) is 18.7 Å². The highest BCUT2D eigenvalue weighted by molar-refractivity contribution is 8.18. The van der Waals surface area contributed by atoms with Crippen molar-refractivity contribution in [1.82, 2.24) is 9.80 Å². The van der Waals surface area contributed by atoms with Gasteiger partial charge in [-0.1, -0.05) is 19.1 Å². The van der Waals surface area contributed by atoms with Crippen molar-refractivity contribution in [3.8, 4) is 11.5 Å². The zero-order valence-corrected chi connectivity index (χ0v) is 19.1. The molecule has 9 nitrogen and oxygen atoms in total. The summed E-state index contributed by atoms with van der Waals surface area (Å²) in [7, 11) is 2.70. The summed E-state index contributed by atoms with van der Waals surface area (Å²) in [6.07, 6.45) is 3.32. The van der Waals surface area contributed by atoms with Crippen molar-refractivity contribution < 1.29 is 33.4 Å². The predicted octanol–water partition coefficient (Wildman–Crippen LogP) is 2.54. The highest BCUT2D eigenvalue weighted by atomic mass is 32.2. The fourth-order valence-corrected chi connectivity index (χ4v) is 4.25. The molecule has 3 rings (SSSR count). The van der Waals surface area contributed by atoms with Crippen LogP contribution in [0.2, 0.25) is 0 Å². The Labute approximate surface area is 190 Å². The number of hydrogen-bond acceptors (Lipinski definition) is 8. The van der Waals surface area contributed by atoms with Crippen LogP contribution in [0.15, 0.2) is 23.1 Å². The third-order valence-electron chi connectivity index (χ3n) is 5.38. The van der Waals surface area contributed by atoms with Gasteiger partial charge in [-0.05, 0) is 42.7 Å². The Balaban J connectivity index is 1.77. The summed E-state index contributed by atoms with van der Waals surface area (Å²) < 4.78 is 15.4. The van der Waals surface area contributed by atoms with Crippen LogP contribution in [0.4, 0.5) is 4.79 Å². The highest BCUT2D eigenvalue weighted by Crippen LogP contribution is 2.37. The predicted molar refractivity (Wildman–Crippen MR) is 118 cm³/mol. The van der Waals surface area contributed by atoms with E-state index >= 15 is 0 Å². The zero-order valence-electron chi connectivity index (χ0n) is 18.3. The lowest BCUT2D eigenvalue weighted by Crippen LogP contribution is -2.45. The number of likely N-dealkylation sites (tertiary alicyclic amines) is 1. The third-order valence-corrected chi connectivity index (χ3v) is 6.29. The Morgan fingerprint density at radius 1 is 1.19 bits per heavy atom. The van der Waals surface area contributed by atoms with Gasteiger partial charge in [0.25, 0.3) is 11.1 Å². The van der Waals surface area contributed by atoms with Crippen molar-refractivity contribution in [2.75, 3.05) is 40.5 Å². The number of piperidine rings is 1. The number of rotatable bonds is 7. The molecule has 0 aromatic heterocycles. The minimum absolute atomic E-state index is 0.159. The van der Waals surface area contributed by atoms with Gasteiger partial charge >= 0.3 is 5.97 Å². The number of ether oxygens (including phenoxy) is 3. The van der Waals surface area contributed by atoms with Crippen LogP contribution >= 0.6 is 11.8 Å². The van der Waals surface area contributed by atoms with Gasteiger partial charge in [-0.2, -0.15) is 0 Å². The van der Waals surface area contributed by atoms with Crippen LogP contribution in [0, 0.1) is 5.92 Å². The van der Waals surface area contributed by atoms with E-state index in [1.807, 2.05) is 0 Å². The number of imide groups is 1. The van der Waals surface area contributed by atoms with Crippen LogP contribution in [-0.2, 0) is 19.1 Å². The molecule has 0 atom stereocenters. The van der Waals surface area contributed by atoms with Crippen LogP contribution in [0.1, 0.15) is 25.3 Å². The lowest BCUT2D eigenvalue weighted by atomic mass is 9.99. The van der Waals surface area contributed by atoms with Crippen LogP contribution in [0.25, 0.3) is 6.08 Å². The van der Waals surface area contributed by atoms with Gasteiger partial charge in [0.05, 0.1) is 19.1 Å². The molecule has 2 saturated heterocycles. The first kappa shape index (κ1) is 23.6. The average Bonchev–Trinajstić information content (AvgIpc) is 3.05. The normalized spacial score (nSPS) is 18.3. The van der Waals surface area contributed by atoms with Crippen LogP contribution in [0.5, 0.6) is 11.5 Å². The Kier molecular flexibility index (Phi) is 7.79.